The number of hydrogen-bond donors (Lipinski definition) is 1. The first-order valence-corrected chi connectivity index (χ1v) is 8.18. The SMILES string of the molecule is COc1cccc2ccc(C3(O)CN(C)Cc4ccccc43)cc12. The number of hydrogen-bond acceptors (Lipinski definition) is 3. The van der Waals surface area contributed by atoms with Gasteiger partial charge in [-0.2, -0.15) is 0 Å². The van der Waals surface area contributed by atoms with Crippen molar-refractivity contribution in [2.45, 2.75) is 12.1 Å². The van der Waals surface area contributed by atoms with Crippen molar-refractivity contribution in [2.24, 2.45) is 0 Å². The summed E-state index contributed by atoms with van der Waals surface area (Å²) in [6.45, 7) is 1.43. The van der Waals surface area contributed by atoms with E-state index in [9.17, 15) is 5.11 Å². The van der Waals surface area contributed by atoms with Gasteiger partial charge in [0.15, 0.2) is 0 Å². The summed E-state index contributed by atoms with van der Waals surface area (Å²) >= 11 is 0. The molecule has 0 saturated carbocycles. The molecule has 0 amide bonds. The predicted molar refractivity (Wildman–Crippen MR) is 96.3 cm³/mol. The summed E-state index contributed by atoms with van der Waals surface area (Å²) in [4.78, 5) is 2.16. The molecule has 1 unspecified atom stereocenters. The first kappa shape index (κ1) is 15.2. The molecule has 0 spiro atoms. The minimum absolute atomic E-state index is 0.574. The van der Waals surface area contributed by atoms with E-state index in [1.54, 1.807) is 7.11 Å². The van der Waals surface area contributed by atoms with Crippen molar-refractivity contribution in [3.63, 3.8) is 0 Å². The molecule has 0 bridgehead atoms. The molecule has 4 rings (SSSR count). The molecule has 3 nitrogen and oxygen atoms in total. The molecule has 24 heavy (non-hydrogen) atoms. The fourth-order valence-corrected chi connectivity index (χ4v) is 3.81. The van der Waals surface area contributed by atoms with E-state index < -0.39 is 5.60 Å². The Morgan fingerprint density at radius 2 is 1.88 bits per heavy atom. The largest absolute Gasteiger partial charge is 0.496 e. The van der Waals surface area contributed by atoms with E-state index in [1.807, 2.05) is 43.4 Å². The summed E-state index contributed by atoms with van der Waals surface area (Å²) in [5, 5.41) is 13.7. The van der Waals surface area contributed by atoms with Gasteiger partial charge in [0.1, 0.15) is 11.4 Å². The predicted octanol–water partition coefficient (Wildman–Crippen LogP) is 3.53. The molecule has 0 aromatic heterocycles. The molecule has 1 atom stereocenters. The van der Waals surface area contributed by atoms with Gasteiger partial charge in [-0.25, -0.2) is 0 Å². The zero-order chi connectivity index (χ0) is 16.7. The number of rotatable bonds is 2. The molecule has 1 aliphatic rings. The lowest BCUT2D eigenvalue weighted by Crippen LogP contribution is -2.44. The highest BCUT2D eigenvalue weighted by molar-refractivity contribution is 5.89. The third-order valence-corrected chi connectivity index (χ3v) is 4.94. The van der Waals surface area contributed by atoms with Gasteiger partial charge in [0.25, 0.3) is 0 Å². The quantitative estimate of drug-likeness (QED) is 0.784. The van der Waals surface area contributed by atoms with Crippen LogP contribution in [0, 0.1) is 0 Å². The van der Waals surface area contributed by atoms with Crippen LogP contribution in [0.25, 0.3) is 10.8 Å². The smallest absolute Gasteiger partial charge is 0.128 e. The number of fused-ring (bicyclic) bond motifs is 2. The average molecular weight is 319 g/mol. The van der Waals surface area contributed by atoms with Gasteiger partial charge < -0.3 is 9.84 Å². The maximum Gasteiger partial charge on any atom is 0.128 e. The van der Waals surface area contributed by atoms with Crippen LogP contribution in [0.5, 0.6) is 5.75 Å². The molecule has 1 N–H and O–H groups in total. The summed E-state index contributed by atoms with van der Waals surface area (Å²) < 4.78 is 5.50. The van der Waals surface area contributed by atoms with E-state index in [1.165, 1.54) is 5.56 Å². The van der Waals surface area contributed by atoms with E-state index in [4.69, 9.17) is 4.74 Å². The number of likely N-dealkylation sites (N-methyl/N-ethyl adjacent to an activating group) is 1. The number of benzene rings is 3. The van der Waals surface area contributed by atoms with E-state index in [0.29, 0.717) is 6.54 Å². The number of aliphatic hydroxyl groups is 1. The zero-order valence-electron chi connectivity index (χ0n) is 14.0. The van der Waals surface area contributed by atoms with Crippen LogP contribution >= 0.6 is 0 Å². The Bertz CT molecular complexity index is 905. The Morgan fingerprint density at radius 1 is 1.04 bits per heavy atom. The lowest BCUT2D eigenvalue weighted by molar-refractivity contribution is 0.0284. The van der Waals surface area contributed by atoms with Crippen molar-refractivity contribution in [3.05, 3.63) is 77.4 Å². The average Bonchev–Trinajstić information content (AvgIpc) is 2.60. The fourth-order valence-electron chi connectivity index (χ4n) is 3.81. The summed E-state index contributed by atoms with van der Waals surface area (Å²) in [5.41, 5.74) is 2.06. The first-order chi connectivity index (χ1) is 11.6. The van der Waals surface area contributed by atoms with Gasteiger partial charge in [-0.15, -0.1) is 0 Å². The summed E-state index contributed by atoms with van der Waals surface area (Å²) in [6, 6.07) is 20.3. The van der Waals surface area contributed by atoms with E-state index >= 15 is 0 Å². The second-order valence-electron chi connectivity index (χ2n) is 6.59. The molecule has 0 saturated heterocycles. The molecule has 0 radical (unpaired) electrons. The fraction of sp³-hybridized carbons (Fsp3) is 0.238. The van der Waals surface area contributed by atoms with E-state index in [-0.39, 0.29) is 0 Å². The minimum Gasteiger partial charge on any atom is -0.496 e. The lowest BCUT2D eigenvalue weighted by Gasteiger charge is -2.39. The molecule has 0 aliphatic carbocycles. The highest BCUT2D eigenvalue weighted by Gasteiger charge is 2.38. The van der Waals surface area contributed by atoms with Crippen LogP contribution in [0.3, 0.4) is 0 Å². The Labute approximate surface area is 142 Å². The maximum absolute atomic E-state index is 11.6. The van der Waals surface area contributed by atoms with Crippen molar-refractivity contribution in [3.8, 4) is 5.75 Å². The van der Waals surface area contributed by atoms with Crippen LogP contribution in [-0.2, 0) is 12.1 Å². The first-order valence-electron chi connectivity index (χ1n) is 8.18. The van der Waals surface area contributed by atoms with Crippen molar-refractivity contribution in [1.29, 1.82) is 0 Å². The monoisotopic (exact) mass is 319 g/mol. The van der Waals surface area contributed by atoms with Gasteiger partial charge in [-0.1, -0.05) is 48.5 Å². The number of ether oxygens (including phenoxy) is 1. The van der Waals surface area contributed by atoms with Crippen LogP contribution in [0.15, 0.2) is 60.7 Å². The van der Waals surface area contributed by atoms with Crippen LogP contribution in [0.4, 0.5) is 0 Å². The Balaban J connectivity index is 1.93. The van der Waals surface area contributed by atoms with Gasteiger partial charge in [-0.3, -0.25) is 4.90 Å². The molecule has 3 aromatic carbocycles. The van der Waals surface area contributed by atoms with Crippen LogP contribution in [0.2, 0.25) is 0 Å². The van der Waals surface area contributed by atoms with Crippen molar-refractivity contribution < 1.29 is 9.84 Å². The van der Waals surface area contributed by atoms with Crippen molar-refractivity contribution in [2.75, 3.05) is 20.7 Å². The number of β-amino-alcohol motifs (C(OH)–C–C–N with tert-alkyl or cyclic N) is 1. The Morgan fingerprint density at radius 3 is 2.71 bits per heavy atom. The molecule has 1 heterocycles. The highest BCUT2D eigenvalue weighted by atomic mass is 16.5. The van der Waals surface area contributed by atoms with Crippen LogP contribution in [-0.4, -0.2) is 30.7 Å². The van der Waals surface area contributed by atoms with Gasteiger partial charge in [0.05, 0.1) is 7.11 Å². The molecule has 1 aliphatic heterocycles. The lowest BCUT2D eigenvalue weighted by atomic mass is 9.80. The van der Waals surface area contributed by atoms with E-state index in [0.717, 1.165) is 34.2 Å². The molecular weight excluding hydrogens is 298 g/mol. The Hall–Kier alpha value is -2.36. The minimum atomic E-state index is -1.02. The molecule has 3 aromatic rings. The summed E-state index contributed by atoms with van der Waals surface area (Å²) in [7, 11) is 3.72. The normalized spacial score (nSPS) is 20.8. The van der Waals surface area contributed by atoms with Crippen molar-refractivity contribution in [1.82, 2.24) is 4.90 Å². The third-order valence-electron chi connectivity index (χ3n) is 4.94. The molecule has 3 heteroatoms. The topological polar surface area (TPSA) is 32.7 Å². The molecule has 122 valence electrons. The number of nitrogens with zero attached hydrogens (tertiary/aromatic N) is 1. The van der Waals surface area contributed by atoms with Gasteiger partial charge in [-0.05, 0) is 41.3 Å². The summed E-state index contributed by atoms with van der Waals surface area (Å²) in [6.07, 6.45) is 0. The molecule has 0 fully saturated rings. The van der Waals surface area contributed by atoms with Crippen molar-refractivity contribution >= 4 is 10.8 Å². The van der Waals surface area contributed by atoms with Gasteiger partial charge >= 0.3 is 0 Å². The third kappa shape index (κ3) is 2.29. The molecular formula is C21H21NO2. The van der Waals surface area contributed by atoms with Crippen LogP contribution in [0.1, 0.15) is 16.7 Å². The number of methoxy groups -OCH3 is 1. The Kier molecular flexibility index (Phi) is 3.56. The van der Waals surface area contributed by atoms with Crippen LogP contribution < -0.4 is 4.74 Å². The standard InChI is InChI=1S/C21H21NO2/c1-22-13-16-6-3-4-8-19(16)21(23,14-22)17-11-10-15-7-5-9-20(24-2)18(15)12-17/h3-12,23H,13-14H2,1-2H3. The highest BCUT2D eigenvalue weighted by Crippen LogP contribution is 2.39. The maximum atomic E-state index is 11.6. The zero-order valence-corrected chi connectivity index (χ0v) is 14.0. The second-order valence-corrected chi connectivity index (χ2v) is 6.59. The second kappa shape index (κ2) is 5.62. The summed E-state index contributed by atoms with van der Waals surface area (Å²) in [5.74, 6) is 0.829. The van der Waals surface area contributed by atoms with Gasteiger partial charge in [0.2, 0.25) is 0 Å². The van der Waals surface area contributed by atoms with E-state index in [2.05, 4.69) is 29.2 Å². The van der Waals surface area contributed by atoms with Gasteiger partial charge in [0, 0.05) is 18.5 Å².